The van der Waals surface area contributed by atoms with Crippen LogP contribution in [0, 0.1) is 11.2 Å². The van der Waals surface area contributed by atoms with Crippen LogP contribution in [0.15, 0.2) is 72.9 Å². The minimum absolute atomic E-state index is 0.00882. The zero-order chi connectivity index (χ0) is 29.1. The van der Waals surface area contributed by atoms with Crippen molar-refractivity contribution in [2.24, 2.45) is 5.41 Å². The van der Waals surface area contributed by atoms with Crippen molar-refractivity contribution in [2.75, 3.05) is 36.5 Å². The molecule has 1 amide bonds. The number of hydrogen-bond acceptors (Lipinski definition) is 7. The number of benzene rings is 3. The highest BCUT2D eigenvalue weighted by Crippen LogP contribution is 2.38. The van der Waals surface area contributed by atoms with Crippen LogP contribution in [0.4, 0.5) is 15.2 Å². The molecule has 0 saturated carbocycles. The van der Waals surface area contributed by atoms with Gasteiger partial charge in [-0.2, -0.15) is 0 Å². The second-order valence-electron chi connectivity index (χ2n) is 11.5. The van der Waals surface area contributed by atoms with E-state index in [0.717, 1.165) is 29.1 Å². The van der Waals surface area contributed by atoms with E-state index in [2.05, 4.69) is 27.3 Å². The van der Waals surface area contributed by atoms with Crippen molar-refractivity contribution in [1.29, 1.82) is 0 Å². The third-order valence-electron chi connectivity index (χ3n) is 7.39. The lowest BCUT2D eigenvalue weighted by Crippen LogP contribution is -2.34. The highest BCUT2D eigenvalue weighted by atomic mass is 32.1. The zero-order valence-electron chi connectivity index (χ0n) is 23.8. The van der Waals surface area contributed by atoms with Gasteiger partial charge in [0.05, 0.1) is 23.7 Å². The Bertz CT molecular complexity index is 1540. The lowest BCUT2D eigenvalue weighted by Gasteiger charge is -2.35. The summed E-state index contributed by atoms with van der Waals surface area (Å²) >= 11 is 1.38. The molecule has 2 saturated heterocycles. The summed E-state index contributed by atoms with van der Waals surface area (Å²) in [6.45, 7) is 7.21. The first-order valence-electron chi connectivity index (χ1n) is 14.2. The van der Waals surface area contributed by atoms with E-state index >= 15 is 4.39 Å². The Labute approximate surface area is 249 Å². The summed E-state index contributed by atoms with van der Waals surface area (Å²) in [7, 11) is 0. The number of ether oxygens (including phenoxy) is 3. The summed E-state index contributed by atoms with van der Waals surface area (Å²) in [5, 5.41) is 3.27. The minimum Gasteiger partial charge on any atom is -0.485 e. The number of amides is 1. The fourth-order valence-corrected chi connectivity index (χ4v) is 5.95. The van der Waals surface area contributed by atoms with Crippen molar-refractivity contribution in [3.05, 3.63) is 95.4 Å². The van der Waals surface area contributed by atoms with Gasteiger partial charge in [-0.1, -0.05) is 67.6 Å². The summed E-state index contributed by atoms with van der Waals surface area (Å²) in [5.74, 6) is -1.13. The molecule has 2 fully saturated rings. The van der Waals surface area contributed by atoms with Gasteiger partial charge in [0, 0.05) is 36.0 Å². The van der Waals surface area contributed by atoms with Crippen LogP contribution in [0.25, 0.3) is 10.4 Å². The van der Waals surface area contributed by atoms with E-state index in [0.29, 0.717) is 23.9 Å². The molecule has 7 nitrogen and oxygen atoms in total. The third kappa shape index (κ3) is 6.48. The van der Waals surface area contributed by atoms with Crippen molar-refractivity contribution in [3.63, 3.8) is 0 Å². The molecule has 0 radical (unpaired) electrons. The van der Waals surface area contributed by atoms with Crippen molar-refractivity contribution in [2.45, 2.75) is 39.6 Å². The Balaban J connectivity index is 1.22. The second kappa shape index (κ2) is 12.2. The zero-order valence-corrected chi connectivity index (χ0v) is 24.6. The molecule has 0 atom stereocenters. The number of thiazole rings is 1. The fraction of sp³-hybridized carbons (Fsp3) is 0.333. The monoisotopic (exact) mass is 587 g/mol. The first-order chi connectivity index (χ1) is 20.3. The predicted molar refractivity (Wildman–Crippen MR) is 163 cm³/mol. The summed E-state index contributed by atoms with van der Waals surface area (Å²) in [6, 6.07) is 20.6. The summed E-state index contributed by atoms with van der Waals surface area (Å²) in [6.07, 6.45) is 3.31. The van der Waals surface area contributed by atoms with Gasteiger partial charge in [0.15, 0.2) is 23.0 Å². The first kappa shape index (κ1) is 28.3. The average molecular weight is 588 g/mol. The molecule has 218 valence electrons. The number of nitrogens with zero attached hydrogens (tertiary/aromatic N) is 2. The van der Waals surface area contributed by atoms with Crippen LogP contribution in [0.5, 0.6) is 5.75 Å². The highest BCUT2D eigenvalue weighted by Gasteiger charge is 2.32. The lowest BCUT2D eigenvalue weighted by atomic mass is 9.95. The van der Waals surface area contributed by atoms with Crippen LogP contribution in [0.3, 0.4) is 0 Å². The molecule has 0 unspecified atom stereocenters. The number of nitrogens with one attached hydrogen (secondary N) is 1. The SMILES string of the molecule is CC1(C)COC(c2cc(C(=O)Nc3ncc(-c4cccc(N5CCCC5)c4)s3)cc(F)c2OCc2ccccc2)OC1. The van der Waals surface area contributed by atoms with Crippen molar-refractivity contribution < 1.29 is 23.4 Å². The van der Waals surface area contributed by atoms with E-state index in [1.807, 2.05) is 56.3 Å². The van der Waals surface area contributed by atoms with Crippen LogP contribution < -0.4 is 15.0 Å². The maximum Gasteiger partial charge on any atom is 0.257 e. The summed E-state index contributed by atoms with van der Waals surface area (Å²) in [5.41, 5.74) is 3.41. The maximum absolute atomic E-state index is 15.6. The van der Waals surface area contributed by atoms with Crippen LogP contribution >= 0.6 is 11.3 Å². The standard InChI is InChI=1S/C33H34FN3O4S/c1-33(2)20-40-31(41-21-33)26-16-24(17-27(34)29(26)39-19-22-9-4-3-5-10-22)30(38)36-32-35-18-28(42-32)23-11-8-12-25(15-23)37-13-6-7-14-37/h3-5,8-12,15-18,31H,6-7,13-14,19-21H2,1-2H3,(H,35,36,38). The number of halogens is 1. The highest BCUT2D eigenvalue weighted by molar-refractivity contribution is 7.19. The molecule has 3 aromatic carbocycles. The topological polar surface area (TPSA) is 72.9 Å². The van der Waals surface area contributed by atoms with Gasteiger partial charge in [0.25, 0.3) is 5.91 Å². The maximum atomic E-state index is 15.6. The molecular formula is C33H34FN3O4S. The average Bonchev–Trinajstić information content (AvgIpc) is 3.70. The molecule has 0 spiro atoms. The number of carbonyl (C=O) groups excluding carboxylic acids is 1. The molecule has 9 heteroatoms. The Morgan fingerprint density at radius 2 is 1.83 bits per heavy atom. The lowest BCUT2D eigenvalue weighted by molar-refractivity contribution is -0.226. The first-order valence-corrected chi connectivity index (χ1v) is 15.0. The molecule has 4 aromatic rings. The molecule has 3 heterocycles. The molecule has 0 aliphatic carbocycles. The Hall–Kier alpha value is -3.79. The fourth-order valence-electron chi connectivity index (χ4n) is 5.14. The van der Waals surface area contributed by atoms with Gasteiger partial charge in [0.2, 0.25) is 0 Å². The van der Waals surface area contributed by atoms with Crippen molar-refractivity contribution in [3.8, 4) is 16.2 Å². The number of rotatable bonds is 8. The van der Waals surface area contributed by atoms with Gasteiger partial charge in [0.1, 0.15) is 6.61 Å². The number of anilines is 2. The quantitative estimate of drug-likeness (QED) is 0.231. The van der Waals surface area contributed by atoms with Gasteiger partial charge in [-0.15, -0.1) is 0 Å². The molecule has 1 N–H and O–H groups in total. The summed E-state index contributed by atoms with van der Waals surface area (Å²) in [4.78, 5) is 21.1. The summed E-state index contributed by atoms with van der Waals surface area (Å²) < 4.78 is 33.4. The minimum atomic E-state index is -0.861. The number of hydrogen-bond donors (Lipinski definition) is 1. The molecule has 2 aliphatic heterocycles. The second-order valence-corrected chi connectivity index (χ2v) is 12.5. The smallest absolute Gasteiger partial charge is 0.257 e. The number of aromatic nitrogens is 1. The van der Waals surface area contributed by atoms with E-state index in [4.69, 9.17) is 14.2 Å². The van der Waals surface area contributed by atoms with Crippen molar-refractivity contribution in [1.82, 2.24) is 4.98 Å². The Morgan fingerprint density at radius 3 is 2.60 bits per heavy atom. The van der Waals surface area contributed by atoms with Crippen molar-refractivity contribution >= 4 is 28.1 Å². The largest absolute Gasteiger partial charge is 0.485 e. The van der Waals surface area contributed by atoms with Gasteiger partial charge in [-0.05, 0) is 48.2 Å². The Kier molecular flexibility index (Phi) is 8.24. The molecule has 2 aliphatic rings. The number of carbonyl (C=O) groups is 1. The molecule has 6 rings (SSSR count). The predicted octanol–water partition coefficient (Wildman–Crippen LogP) is 7.45. The van der Waals surface area contributed by atoms with Crippen LogP contribution in [-0.4, -0.2) is 37.2 Å². The van der Waals surface area contributed by atoms with E-state index in [1.54, 1.807) is 12.3 Å². The molecule has 0 bridgehead atoms. The van der Waals surface area contributed by atoms with E-state index < -0.39 is 18.0 Å². The van der Waals surface area contributed by atoms with E-state index in [9.17, 15) is 4.79 Å². The molecule has 42 heavy (non-hydrogen) atoms. The van der Waals surface area contributed by atoms with Gasteiger partial charge in [-0.3, -0.25) is 10.1 Å². The van der Waals surface area contributed by atoms with Gasteiger partial charge in [-0.25, -0.2) is 9.37 Å². The molecular weight excluding hydrogens is 553 g/mol. The normalized spacial score (nSPS) is 16.9. The van der Waals surface area contributed by atoms with E-state index in [-0.39, 0.29) is 23.3 Å². The van der Waals surface area contributed by atoms with Crippen LogP contribution in [-0.2, 0) is 16.1 Å². The van der Waals surface area contributed by atoms with Gasteiger partial charge >= 0.3 is 0 Å². The van der Waals surface area contributed by atoms with Gasteiger partial charge < -0.3 is 19.1 Å². The molecule has 1 aromatic heterocycles. The van der Waals surface area contributed by atoms with E-state index in [1.165, 1.54) is 35.9 Å². The third-order valence-corrected chi connectivity index (χ3v) is 8.36. The Morgan fingerprint density at radius 1 is 1.07 bits per heavy atom. The van der Waals surface area contributed by atoms with Crippen LogP contribution in [0.2, 0.25) is 0 Å². The van der Waals surface area contributed by atoms with Crippen LogP contribution in [0.1, 0.15) is 54.5 Å².